The number of ether oxygens (including phenoxy) is 2. The van der Waals surface area contributed by atoms with Crippen molar-refractivity contribution in [3.05, 3.63) is 71.3 Å². The number of nitrogens with one attached hydrogen (secondary N) is 1. The molecule has 0 aliphatic carbocycles. The highest BCUT2D eigenvalue weighted by Crippen LogP contribution is 2.44. The maximum atomic E-state index is 17.4. The molecule has 0 saturated carbocycles. The molecular weight excluding hydrogens is 725 g/mol. The van der Waals surface area contributed by atoms with Gasteiger partial charge in [-0.2, -0.15) is 9.97 Å². The Kier molecular flexibility index (Phi) is 9.61. The molecule has 14 heteroatoms. The lowest BCUT2D eigenvalue weighted by atomic mass is 9.91. The van der Waals surface area contributed by atoms with Gasteiger partial charge in [0.05, 0.1) is 27.7 Å². The van der Waals surface area contributed by atoms with E-state index in [1.54, 1.807) is 18.2 Å². The number of terminal acetylenes is 1. The maximum Gasteiger partial charge on any atom is 0.319 e. The molecule has 1 N–H and O–H groups in total. The fraction of sp³-hybridized carbons (Fsp3) is 0.452. The van der Waals surface area contributed by atoms with Crippen molar-refractivity contribution in [2.75, 3.05) is 37.7 Å². The lowest BCUT2D eigenvalue weighted by Crippen LogP contribution is -2.58. The van der Waals surface area contributed by atoms with E-state index in [1.807, 2.05) is 6.07 Å². The van der Waals surface area contributed by atoms with E-state index in [4.69, 9.17) is 30.8 Å². The summed E-state index contributed by atoms with van der Waals surface area (Å²) in [6.07, 6.45) is 11.9. The molecule has 4 aliphatic rings. The predicted molar refractivity (Wildman–Crippen MR) is 204 cm³/mol. The normalized spacial score (nSPS) is 23.5. The SMILES string of the molecule is C#Cc1c(F)ccc2cccc(-c3nc4c5c(nc(OC[C@@]67CCCN6[C@H](COc6ncncc6C(F)F)CC7)nc5c3F)N3CCN[C@@H](CC)[C@H]3CCC4)c12. The Morgan fingerprint density at radius 3 is 2.77 bits per heavy atom. The summed E-state index contributed by atoms with van der Waals surface area (Å²) in [5.41, 5.74) is 0.589. The minimum atomic E-state index is -2.75. The van der Waals surface area contributed by atoms with E-state index in [-0.39, 0.29) is 71.1 Å². The standard InChI is InChI=1S/C42H42F4N8O2/c1-3-26-29(43)13-12-24-8-5-9-27(33(24)26)36-35(44)37-34-31(50-36)10-6-11-32-30(4-2)48-17-19-53(32)39(34)52-41(51-37)56-22-42-15-7-18-54(42)25(14-16-42)21-55-40-28(38(45)46)20-47-23-49-40/h1,5,8-9,12-13,20,23,25,30,32,38,48H,4,6-7,10-11,14-19,21-22H2,2H3/t25-,30-,32+,42-/m0/s1. The van der Waals surface area contributed by atoms with Gasteiger partial charge in [-0.25, -0.2) is 32.5 Å². The van der Waals surface area contributed by atoms with E-state index in [2.05, 4.69) is 37.9 Å². The molecular formula is C42H42F4N8O2. The molecule has 4 aliphatic heterocycles. The zero-order valence-electron chi connectivity index (χ0n) is 31.1. The summed E-state index contributed by atoms with van der Waals surface area (Å²) in [5.74, 6) is 1.76. The van der Waals surface area contributed by atoms with E-state index < -0.39 is 18.1 Å². The second-order valence-electron chi connectivity index (χ2n) is 15.3. The number of hydrogen-bond donors (Lipinski definition) is 1. The first kappa shape index (κ1) is 36.5. The smallest absolute Gasteiger partial charge is 0.319 e. The third kappa shape index (κ3) is 6.16. The molecule has 290 valence electrons. The number of nitrogens with zero attached hydrogens (tertiary/aromatic N) is 7. The molecule has 2 aromatic carbocycles. The van der Waals surface area contributed by atoms with Gasteiger partial charge in [0.25, 0.3) is 6.43 Å². The van der Waals surface area contributed by atoms with E-state index >= 15 is 8.78 Å². The van der Waals surface area contributed by atoms with Crippen LogP contribution in [0.1, 0.15) is 75.1 Å². The highest BCUT2D eigenvalue weighted by molar-refractivity contribution is 6.02. The zero-order valence-corrected chi connectivity index (χ0v) is 31.1. The Hall–Kier alpha value is -5.13. The molecule has 0 unspecified atom stereocenters. The Morgan fingerprint density at radius 1 is 1.04 bits per heavy atom. The average Bonchev–Trinajstić information content (AvgIpc) is 3.78. The van der Waals surface area contributed by atoms with Gasteiger partial charge < -0.3 is 19.7 Å². The topological polar surface area (TPSA) is 101 Å². The second kappa shape index (κ2) is 14.7. The molecule has 56 heavy (non-hydrogen) atoms. The lowest BCUT2D eigenvalue weighted by Gasteiger charge is -2.44. The molecule has 0 amide bonds. The van der Waals surface area contributed by atoms with Crippen molar-refractivity contribution >= 4 is 27.5 Å². The van der Waals surface area contributed by atoms with E-state index in [9.17, 15) is 8.78 Å². The summed E-state index contributed by atoms with van der Waals surface area (Å²) in [5, 5.41) is 5.33. The number of anilines is 1. The number of hydrogen-bond acceptors (Lipinski definition) is 10. The first-order valence-electron chi connectivity index (χ1n) is 19.5. The number of halogens is 4. The molecule has 3 fully saturated rings. The zero-order chi connectivity index (χ0) is 38.6. The average molecular weight is 767 g/mol. The molecule has 4 atom stereocenters. The number of rotatable bonds is 9. The quantitative estimate of drug-likeness (QED) is 0.123. The molecule has 0 radical (unpaired) electrons. The van der Waals surface area contributed by atoms with Gasteiger partial charge in [-0.1, -0.05) is 37.1 Å². The number of aryl methyl sites for hydroxylation is 1. The van der Waals surface area contributed by atoms with Crippen molar-refractivity contribution in [3.8, 4) is 35.5 Å². The van der Waals surface area contributed by atoms with Gasteiger partial charge in [0.15, 0.2) is 5.82 Å². The van der Waals surface area contributed by atoms with Gasteiger partial charge in [-0.3, -0.25) is 4.90 Å². The molecule has 3 saturated heterocycles. The van der Waals surface area contributed by atoms with E-state index in [1.165, 1.54) is 12.4 Å². The minimum absolute atomic E-state index is 0.0350. The number of fused-ring (bicyclic) bond motifs is 4. The molecule has 0 spiro atoms. The second-order valence-corrected chi connectivity index (χ2v) is 15.3. The highest BCUT2D eigenvalue weighted by Gasteiger charge is 2.50. The maximum absolute atomic E-state index is 17.4. The van der Waals surface area contributed by atoms with E-state index in [0.717, 1.165) is 64.2 Å². The largest absolute Gasteiger partial charge is 0.476 e. The van der Waals surface area contributed by atoms with Crippen molar-refractivity contribution in [2.45, 2.75) is 88.4 Å². The Labute approximate surface area is 322 Å². The highest BCUT2D eigenvalue weighted by atomic mass is 19.3. The number of aromatic nitrogens is 5. The van der Waals surface area contributed by atoms with Crippen LogP contribution >= 0.6 is 0 Å². The third-order valence-electron chi connectivity index (χ3n) is 12.3. The third-order valence-corrected chi connectivity index (χ3v) is 12.3. The molecule has 7 heterocycles. The first-order chi connectivity index (χ1) is 27.3. The van der Waals surface area contributed by atoms with Crippen molar-refractivity contribution in [2.24, 2.45) is 0 Å². The van der Waals surface area contributed by atoms with Crippen LogP contribution in [-0.4, -0.2) is 86.3 Å². The van der Waals surface area contributed by atoms with Crippen LogP contribution in [0.5, 0.6) is 11.9 Å². The number of alkyl halides is 2. The van der Waals surface area contributed by atoms with E-state index in [0.29, 0.717) is 46.2 Å². The molecule has 10 nitrogen and oxygen atoms in total. The van der Waals surface area contributed by atoms with Crippen LogP contribution in [-0.2, 0) is 6.42 Å². The minimum Gasteiger partial charge on any atom is -0.476 e. The monoisotopic (exact) mass is 766 g/mol. The summed E-state index contributed by atoms with van der Waals surface area (Å²) < 4.78 is 72.1. The van der Waals surface area contributed by atoms with Crippen molar-refractivity contribution in [1.82, 2.24) is 35.1 Å². The Bertz CT molecular complexity index is 2360. The van der Waals surface area contributed by atoms with Crippen molar-refractivity contribution < 1.29 is 27.0 Å². The van der Waals surface area contributed by atoms with Gasteiger partial charge in [-0.05, 0) is 69.4 Å². The van der Waals surface area contributed by atoms with Crippen LogP contribution in [0, 0.1) is 24.0 Å². The van der Waals surface area contributed by atoms with Gasteiger partial charge in [0.2, 0.25) is 5.88 Å². The van der Waals surface area contributed by atoms with Crippen molar-refractivity contribution in [1.29, 1.82) is 0 Å². The summed E-state index contributed by atoms with van der Waals surface area (Å²) in [4.78, 5) is 27.2. The summed E-state index contributed by atoms with van der Waals surface area (Å²) in [6, 6.07) is 8.69. The van der Waals surface area contributed by atoms with Crippen molar-refractivity contribution in [3.63, 3.8) is 0 Å². The summed E-state index contributed by atoms with van der Waals surface area (Å²) >= 11 is 0. The fourth-order valence-electron chi connectivity index (χ4n) is 9.70. The number of benzene rings is 2. The van der Waals surface area contributed by atoms with Gasteiger partial charge >= 0.3 is 6.01 Å². The van der Waals surface area contributed by atoms with Crippen LogP contribution in [0.15, 0.2) is 42.9 Å². The Morgan fingerprint density at radius 2 is 1.93 bits per heavy atom. The van der Waals surface area contributed by atoms with Crippen LogP contribution in [0.4, 0.5) is 23.4 Å². The molecule has 5 aromatic rings. The van der Waals surface area contributed by atoms with Gasteiger partial charge in [0, 0.05) is 48.4 Å². The predicted octanol–water partition coefficient (Wildman–Crippen LogP) is 7.18. The number of pyridine rings is 1. The van der Waals surface area contributed by atoms with Gasteiger partial charge in [-0.15, -0.1) is 6.42 Å². The summed E-state index contributed by atoms with van der Waals surface area (Å²) in [6.45, 7) is 4.83. The number of piperazine rings is 1. The fourth-order valence-corrected chi connectivity index (χ4v) is 9.70. The van der Waals surface area contributed by atoms with Gasteiger partial charge in [0.1, 0.15) is 42.4 Å². The van der Waals surface area contributed by atoms with Crippen LogP contribution in [0.25, 0.3) is 32.9 Å². The molecule has 0 bridgehead atoms. The van der Waals surface area contributed by atoms with Crippen LogP contribution in [0.2, 0.25) is 0 Å². The lowest BCUT2D eigenvalue weighted by molar-refractivity contribution is 0.0663. The van der Waals surface area contributed by atoms with Crippen LogP contribution < -0.4 is 19.7 Å². The van der Waals surface area contributed by atoms with Crippen LogP contribution in [0.3, 0.4) is 0 Å². The summed E-state index contributed by atoms with van der Waals surface area (Å²) in [7, 11) is 0. The molecule has 9 rings (SSSR count). The first-order valence-corrected chi connectivity index (χ1v) is 19.5. The molecule has 3 aromatic heterocycles. The Balaban J connectivity index is 1.11.